The predicted octanol–water partition coefficient (Wildman–Crippen LogP) is 2.70. The van der Waals surface area contributed by atoms with Crippen molar-refractivity contribution in [3.63, 3.8) is 0 Å². The van der Waals surface area contributed by atoms with E-state index in [1.807, 2.05) is 6.92 Å². The van der Waals surface area contributed by atoms with Crippen LogP contribution in [0.1, 0.15) is 43.0 Å². The first-order valence-electron chi connectivity index (χ1n) is 6.47. The van der Waals surface area contributed by atoms with Gasteiger partial charge >= 0.3 is 0 Å². The molecule has 116 valence electrons. The smallest absolute Gasteiger partial charge is 0.251 e. The van der Waals surface area contributed by atoms with Crippen molar-refractivity contribution in [1.29, 1.82) is 0 Å². The number of amides is 1. The van der Waals surface area contributed by atoms with E-state index in [2.05, 4.69) is 5.32 Å². The second-order valence-corrected chi connectivity index (χ2v) is 7.85. The molecule has 8 heteroatoms. The van der Waals surface area contributed by atoms with E-state index in [-0.39, 0.29) is 32.0 Å². The zero-order valence-electron chi connectivity index (χ0n) is 11.4. The third-order valence-corrected chi connectivity index (χ3v) is 5.54. The average molecular weight is 351 g/mol. The van der Waals surface area contributed by atoms with Crippen LogP contribution < -0.4 is 10.5 Å². The first kappa shape index (κ1) is 16.5. The minimum absolute atomic E-state index is 0.0232. The molecule has 0 aliphatic heterocycles. The molecule has 3 N–H and O–H groups in total. The maximum atomic E-state index is 12.3. The fourth-order valence-electron chi connectivity index (χ4n) is 2.53. The van der Waals surface area contributed by atoms with Gasteiger partial charge in [0.05, 0.1) is 10.0 Å². The van der Waals surface area contributed by atoms with Crippen molar-refractivity contribution >= 4 is 39.1 Å². The summed E-state index contributed by atoms with van der Waals surface area (Å²) in [5.41, 5.74) is -0.146. The van der Waals surface area contributed by atoms with E-state index >= 15 is 0 Å². The molecule has 2 rings (SSSR count). The van der Waals surface area contributed by atoms with Gasteiger partial charge in [-0.15, -0.1) is 0 Å². The van der Waals surface area contributed by atoms with E-state index in [1.54, 1.807) is 0 Å². The summed E-state index contributed by atoms with van der Waals surface area (Å²) in [4.78, 5) is 12.0. The van der Waals surface area contributed by atoms with E-state index in [9.17, 15) is 13.2 Å². The summed E-state index contributed by atoms with van der Waals surface area (Å²) < 4.78 is 23.0. The van der Waals surface area contributed by atoms with Gasteiger partial charge in [0.1, 0.15) is 4.90 Å². The van der Waals surface area contributed by atoms with Gasteiger partial charge in [-0.1, -0.05) is 36.0 Å². The van der Waals surface area contributed by atoms with Gasteiger partial charge in [0.2, 0.25) is 10.0 Å². The van der Waals surface area contributed by atoms with Crippen molar-refractivity contribution in [2.75, 3.05) is 0 Å². The highest BCUT2D eigenvalue weighted by molar-refractivity contribution is 7.89. The number of carbonyl (C=O) groups excluding carboxylic acids is 1. The minimum atomic E-state index is -4.05. The molecule has 1 amide bonds. The van der Waals surface area contributed by atoms with Gasteiger partial charge in [-0.3, -0.25) is 4.79 Å². The summed E-state index contributed by atoms with van der Waals surface area (Å²) in [6, 6.07) is 2.49. The highest BCUT2D eigenvalue weighted by Crippen LogP contribution is 2.32. The quantitative estimate of drug-likeness (QED) is 0.877. The summed E-state index contributed by atoms with van der Waals surface area (Å²) in [6.45, 7) is 1.97. The molecule has 0 aromatic heterocycles. The van der Waals surface area contributed by atoms with Crippen LogP contribution in [0.5, 0.6) is 0 Å². The average Bonchev–Trinajstić information content (AvgIpc) is 2.77. The Bertz CT molecular complexity index is 683. The molecule has 1 aliphatic rings. The van der Waals surface area contributed by atoms with Gasteiger partial charge in [0.15, 0.2) is 0 Å². The van der Waals surface area contributed by atoms with Crippen molar-refractivity contribution in [3.05, 3.63) is 27.7 Å². The van der Waals surface area contributed by atoms with E-state index in [0.29, 0.717) is 0 Å². The third kappa shape index (κ3) is 3.69. The van der Waals surface area contributed by atoms with Crippen LogP contribution in [0.4, 0.5) is 0 Å². The van der Waals surface area contributed by atoms with Crippen LogP contribution in [0.25, 0.3) is 0 Å². The number of halogens is 2. The number of hydrogen-bond acceptors (Lipinski definition) is 3. The number of nitrogens with two attached hydrogens (primary N) is 1. The number of primary sulfonamides is 1. The Morgan fingerprint density at radius 1 is 1.29 bits per heavy atom. The first-order chi connectivity index (χ1) is 9.62. The van der Waals surface area contributed by atoms with Gasteiger partial charge < -0.3 is 5.32 Å². The van der Waals surface area contributed by atoms with Crippen LogP contribution in [0.3, 0.4) is 0 Å². The molecule has 5 nitrogen and oxygen atoms in total. The number of sulfonamides is 1. The molecule has 0 heterocycles. The lowest BCUT2D eigenvalue weighted by Crippen LogP contribution is -2.43. The molecular formula is C13H16Cl2N2O3S. The molecule has 1 aromatic carbocycles. The Morgan fingerprint density at radius 2 is 1.86 bits per heavy atom. The second-order valence-electron chi connectivity index (χ2n) is 5.54. The fraction of sp³-hybridized carbons (Fsp3) is 0.462. The van der Waals surface area contributed by atoms with Gasteiger partial charge in [0.25, 0.3) is 5.91 Å². The fourth-order valence-corrected chi connectivity index (χ4v) is 3.89. The van der Waals surface area contributed by atoms with Gasteiger partial charge in [0, 0.05) is 11.1 Å². The number of hydrogen-bond donors (Lipinski definition) is 2. The Labute approximate surface area is 133 Å². The standard InChI is InChI=1S/C13H16Cl2N2O3S/c1-13(4-2-3-5-13)17-12(18)8-6-9(14)11(15)10(7-8)21(16,19)20/h6-7H,2-5H2,1H3,(H,17,18)(H2,16,19,20). The minimum Gasteiger partial charge on any atom is -0.347 e. The number of rotatable bonds is 3. The van der Waals surface area contributed by atoms with Crippen LogP contribution in [-0.2, 0) is 10.0 Å². The normalized spacial score (nSPS) is 17.7. The van der Waals surface area contributed by atoms with Crippen LogP contribution >= 0.6 is 23.2 Å². The molecule has 0 spiro atoms. The van der Waals surface area contributed by atoms with Crippen LogP contribution in [0.2, 0.25) is 10.0 Å². The molecule has 0 radical (unpaired) electrons. The molecule has 1 aromatic rings. The lowest BCUT2D eigenvalue weighted by molar-refractivity contribution is 0.0908. The van der Waals surface area contributed by atoms with Crippen LogP contribution in [-0.4, -0.2) is 19.9 Å². The highest BCUT2D eigenvalue weighted by Gasteiger charge is 2.31. The van der Waals surface area contributed by atoms with Gasteiger partial charge in [-0.2, -0.15) is 0 Å². The Kier molecular flexibility index (Phi) is 4.54. The third-order valence-electron chi connectivity index (χ3n) is 3.69. The van der Waals surface area contributed by atoms with Crippen LogP contribution in [0.15, 0.2) is 17.0 Å². The number of carbonyl (C=O) groups is 1. The molecule has 0 bridgehead atoms. The van der Waals surface area contributed by atoms with Crippen molar-refractivity contribution < 1.29 is 13.2 Å². The van der Waals surface area contributed by atoms with Gasteiger partial charge in [-0.25, -0.2) is 13.6 Å². The maximum absolute atomic E-state index is 12.3. The van der Waals surface area contributed by atoms with Crippen molar-refractivity contribution in [3.8, 4) is 0 Å². The summed E-state index contributed by atoms with van der Waals surface area (Å²) in [5, 5.41) is 7.80. The SMILES string of the molecule is CC1(NC(=O)c2cc(Cl)c(Cl)c(S(N)(=O)=O)c2)CCCC1. The van der Waals surface area contributed by atoms with E-state index < -0.39 is 10.0 Å². The zero-order chi connectivity index (χ0) is 15.8. The van der Waals surface area contributed by atoms with Crippen LogP contribution in [0, 0.1) is 0 Å². The van der Waals surface area contributed by atoms with Crippen molar-refractivity contribution in [2.24, 2.45) is 5.14 Å². The molecule has 0 saturated heterocycles. The summed E-state index contributed by atoms with van der Waals surface area (Å²) in [7, 11) is -4.05. The molecule has 0 atom stereocenters. The topological polar surface area (TPSA) is 89.3 Å². The molecular weight excluding hydrogens is 335 g/mol. The summed E-state index contributed by atoms with van der Waals surface area (Å²) in [5.74, 6) is -0.386. The van der Waals surface area contributed by atoms with E-state index in [0.717, 1.165) is 31.7 Å². The summed E-state index contributed by atoms with van der Waals surface area (Å²) in [6.07, 6.45) is 3.89. The van der Waals surface area contributed by atoms with E-state index in [4.69, 9.17) is 28.3 Å². The Hall–Kier alpha value is -0.820. The molecule has 1 saturated carbocycles. The number of benzene rings is 1. The van der Waals surface area contributed by atoms with Crippen molar-refractivity contribution in [2.45, 2.75) is 43.0 Å². The Balaban J connectivity index is 2.36. The largest absolute Gasteiger partial charge is 0.347 e. The zero-order valence-corrected chi connectivity index (χ0v) is 13.8. The van der Waals surface area contributed by atoms with Crippen molar-refractivity contribution in [1.82, 2.24) is 5.32 Å². The molecule has 1 aliphatic carbocycles. The predicted molar refractivity (Wildman–Crippen MR) is 82.2 cm³/mol. The maximum Gasteiger partial charge on any atom is 0.251 e. The molecule has 0 unspecified atom stereocenters. The number of nitrogens with one attached hydrogen (secondary N) is 1. The monoisotopic (exact) mass is 350 g/mol. The second kappa shape index (κ2) is 5.76. The summed E-state index contributed by atoms with van der Waals surface area (Å²) >= 11 is 11.7. The lowest BCUT2D eigenvalue weighted by Gasteiger charge is -2.25. The Morgan fingerprint density at radius 3 is 2.38 bits per heavy atom. The first-order valence-corrected chi connectivity index (χ1v) is 8.77. The van der Waals surface area contributed by atoms with Gasteiger partial charge in [-0.05, 0) is 31.9 Å². The van der Waals surface area contributed by atoms with E-state index in [1.165, 1.54) is 6.07 Å². The lowest BCUT2D eigenvalue weighted by atomic mass is 10.00. The highest BCUT2D eigenvalue weighted by atomic mass is 35.5. The molecule has 21 heavy (non-hydrogen) atoms. The molecule has 1 fully saturated rings.